The molecule has 1 aliphatic rings. The van der Waals surface area contributed by atoms with Crippen LogP contribution in [0.2, 0.25) is 0 Å². The fourth-order valence-electron chi connectivity index (χ4n) is 1.99. The van der Waals surface area contributed by atoms with Gasteiger partial charge in [0.25, 0.3) is 5.91 Å². The lowest BCUT2D eigenvalue weighted by Crippen LogP contribution is -2.50. The predicted molar refractivity (Wildman–Crippen MR) is 71.9 cm³/mol. The Kier molecular flexibility index (Phi) is 3.99. The summed E-state index contributed by atoms with van der Waals surface area (Å²) in [4.78, 5) is 31.4. The molecule has 2 rings (SSSR count). The van der Waals surface area contributed by atoms with E-state index in [1.54, 1.807) is 35.2 Å². The minimum absolute atomic E-state index is 0.0338. The zero-order valence-electron chi connectivity index (χ0n) is 11.2. The molecule has 0 spiro atoms. The van der Waals surface area contributed by atoms with Gasteiger partial charge in [0.05, 0.1) is 5.56 Å². The third-order valence-electron chi connectivity index (χ3n) is 3.13. The number of pyridine rings is 1. The van der Waals surface area contributed by atoms with Gasteiger partial charge in [-0.15, -0.1) is 0 Å². The maximum atomic E-state index is 12.4. The average molecular weight is 262 g/mol. The molecule has 0 radical (unpaired) electrons. The second-order valence-electron chi connectivity index (χ2n) is 4.47. The van der Waals surface area contributed by atoms with Gasteiger partial charge in [0, 0.05) is 32.9 Å². The molecule has 1 fully saturated rings. The summed E-state index contributed by atoms with van der Waals surface area (Å²) >= 11 is 0. The highest BCUT2D eigenvalue weighted by Crippen LogP contribution is 2.15. The Bertz CT molecular complexity index is 489. The molecule has 1 aliphatic heterocycles. The van der Waals surface area contributed by atoms with Crippen LogP contribution >= 0.6 is 0 Å². The van der Waals surface area contributed by atoms with Crippen LogP contribution in [-0.2, 0) is 4.79 Å². The molecule has 0 unspecified atom stereocenters. The summed E-state index contributed by atoms with van der Waals surface area (Å²) in [5, 5.41) is 3.06. The molecule has 6 nitrogen and oxygen atoms in total. The molecule has 0 atom stereocenters. The van der Waals surface area contributed by atoms with Crippen molar-refractivity contribution in [3.8, 4) is 0 Å². The van der Waals surface area contributed by atoms with Crippen LogP contribution in [0.1, 0.15) is 17.3 Å². The van der Waals surface area contributed by atoms with E-state index in [-0.39, 0.29) is 18.4 Å². The van der Waals surface area contributed by atoms with Crippen LogP contribution in [0, 0.1) is 0 Å². The maximum Gasteiger partial charge on any atom is 0.258 e. The van der Waals surface area contributed by atoms with Crippen LogP contribution in [-0.4, -0.2) is 59.8 Å². The smallest absolute Gasteiger partial charge is 0.258 e. The summed E-state index contributed by atoms with van der Waals surface area (Å²) in [5.41, 5.74) is 0.515. The Morgan fingerprint density at radius 2 is 2.26 bits per heavy atom. The van der Waals surface area contributed by atoms with Gasteiger partial charge in [-0.05, 0) is 19.1 Å². The highest BCUT2D eigenvalue weighted by Gasteiger charge is 2.27. The van der Waals surface area contributed by atoms with E-state index < -0.39 is 0 Å². The monoisotopic (exact) mass is 262 g/mol. The first kappa shape index (κ1) is 13.3. The molecule has 19 heavy (non-hydrogen) atoms. The van der Waals surface area contributed by atoms with E-state index in [0.717, 1.165) is 0 Å². The van der Waals surface area contributed by atoms with Crippen LogP contribution < -0.4 is 5.32 Å². The summed E-state index contributed by atoms with van der Waals surface area (Å²) in [6.07, 6.45) is 1.64. The molecule has 102 valence electrons. The number of nitrogens with one attached hydrogen (secondary N) is 1. The first-order valence-corrected chi connectivity index (χ1v) is 6.35. The van der Waals surface area contributed by atoms with Crippen molar-refractivity contribution in [2.24, 2.45) is 0 Å². The summed E-state index contributed by atoms with van der Waals surface area (Å²) in [7, 11) is 1.75. The Hall–Kier alpha value is -2.11. The largest absolute Gasteiger partial charge is 0.370 e. The third-order valence-corrected chi connectivity index (χ3v) is 3.13. The van der Waals surface area contributed by atoms with Crippen molar-refractivity contribution >= 4 is 17.6 Å². The molecular weight excluding hydrogens is 244 g/mol. The molecule has 2 amide bonds. The molecule has 0 bridgehead atoms. The molecule has 0 aromatic carbocycles. The van der Waals surface area contributed by atoms with Crippen LogP contribution in [0.3, 0.4) is 0 Å². The van der Waals surface area contributed by atoms with Gasteiger partial charge in [-0.3, -0.25) is 9.59 Å². The van der Waals surface area contributed by atoms with Gasteiger partial charge in [-0.25, -0.2) is 4.98 Å². The van der Waals surface area contributed by atoms with Crippen molar-refractivity contribution in [3.05, 3.63) is 23.9 Å². The van der Waals surface area contributed by atoms with Crippen molar-refractivity contribution < 1.29 is 9.59 Å². The molecule has 0 saturated carbocycles. The zero-order chi connectivity index (χ0) is 13.8. The van der Waals surface area contributed by atoms with Crippen LogP contribution in [0.25, 0.3) is 0 Å². The predicted octanol–water partition coefficient (Wildman–Crippen LogP) is 0.428. The molecule has 0 aliphatic carbocycles. The average Bonchev–Trinajstić information content (AvgIpc) is 2.42. The van der Waals surface area contributed by atoms with Crippen LogP contribution in [0.15, 0.2) is 18.3 Å². The summed E-state index contributed by atoms with van der Waals surface area (Å²) in [6.45, 7) is 3.90. The minimum Gasteiger partial charge on any atom is -0.370 e. The molecule has 1 saturated heterocycles. The van der Waals surface area contributed by atoms with E-state index in [2.05, 4.69) is 10.3 Å². The number of rotatable bonds is 3. The number of anilines is 1. The lowest BCUT2D eigenvalue weighted by molar-refractivity contribution is -0.133. The van der Waals surface area contributed by atoms with Gasteiger partial charge < -0.3 is 15.1 Å². The number of aromatic nitrogens is 1. The molecule has 2 heterocycles. The van der Waals surface area contributed by atoms with Crippen molar-refractivity contribution in [2.75, 3.05) is 38.5 Å². The topological polar surface area (TPSA) is 65.5 Å². The molecule has 1 N–H and O–H groups in total. The van der Waals surface area contributed by atoms with Crippen molar-refractivity contribution in [2.45, 2.75) is 6.92 Å². The Morgan fingerprint density at radius 3 is 2.95 bits per heavy atom. The molecule has 6 heteroatoms. The summed E-state index contributed by atoms with van der Waals surface area (Å²) in [6, 6.07) is 3.46. The number of amides is 2. The fourth-order valence-corrected chi connectivity index (χ4v) is 1.99. The second kappa shape index (κ2) is 5.69. The SMILES string of the molecule is CCNc1ncccc1C(=O)N1CCN(C)C(=O)C1. The number of hydrogen-bond donors (Lipinski definition) is 1. The maximum absolute atomic E-state index is 12.4. The highest BCUT2D eigenvalue weighted by molar-refractivity contribution is 6.00. The van der Waals surface area contributed by atoms with E-state index in [1.165, 1.54) is 0 Å². The number of piperazine rings is 1. The standard InChI is InChI=1S/C13H18N4O2/c1-3-14-12-10(5-4-6-15-12)13(19)17-8-7-16(2)11(18)9-17/h4-6H,3,7-9H2,1-2H3,(H,14,15). The van der Waals surface area contributed by atoms with Gasteiger partial charge >= 0.3 is 0 Å². The van der Waals surface area contributed by atoms with Gasteiger partial charge in [0.1, 0.15) is 12.4 Å². The fraction of sp³-hybridized carbons (Fsp3) is 0.462. The van der Waals surface area contributed by atoms with E-state index in [0.29, 0.717) is 31.0 Å². The van der Waals surface area contributed by atoms with Gasteiger partial charge in [0.2, 0.25) is 5.91 Å². The van der Waals surface area contributed by atoms with E-state index in [9.17, 15) is 9.59 Å². The van der Waals surface area contributed by atoms with Gasteiger partial charge in [-0.1, -0.05) is 0 Å². The summed E-state index contributed by atoms with van der Waals surface area (Å²) in [5.74, 6) is 0.389. The van der Waals surface area contributed by atoms with Crippen LogP contribution in [0.4, 0.5) is 5.82 Å². The number of hydrogen-bond acceptors (Lipinski definition) is 4. The Labute approximate surface area is 112 Å². The summed E-state index contributed by atoms with van der Waals surface area (Å²) < 4.78 is 0. The number of nitrogens with zero attached hydrogens (tertiary/aromatic N) is 3. The number of carbonyl (C=O) groups is 2. The second-order valence-corrected chi connectivity index (χ2v) is 4.47. The first-order chi connectivity index (χ1) is 9.13. The normalized spacial score (nSPS) is 15.6. The number of carbonyl (C=O) groups excluding carboxylic acids is 2. The van der Waals surface area contributed by atoms with Crippen LogP contribution in [0.5, 0.6) is 0 Å². The number of likely N-dealkylation sites (N-methyl/N-ethyl adjacent to an activating group) is 1. The van der Waals surface area contributed by atoms with E-state index in [1.807, 2.05) is 6.92 Å². The quantitative estimate of drug-likeness (QED) is 0.858. The van der Waals surface area contributed by atoms with Crippen molar-refractivity contribution in [1.29, 1.82) is 0 Å². The van der Waals surface area contributed by atoms with E-state index >= 15 is 0 Å². The van der Waals surface area contributed by atoms with E-state index in [4.69, 9.17) is 0 Å². The lowest BCUT2D eigenvalue weighted by atomic mass is 10.2. The lowest BCUT2D eigenvalue weighted by Gasteiger charge is -2.32. The molecule has 1 aromatic rings. The highest BCUT2D eigenvalue weighted by atomic mass is 16.2. The van der Waals surface area contributed by atoms with Gasteiger partial charge in [0.15, 0.2) is 0 Å². The molecular formula is C13H18N4O2. The Morgan fingerprint density at radius 1 is 1.47 bits per heavy atom. The third kappa shape index (κ3) is 2.83. The zero-order valence-corrected chi connectivity index (χ0v) is 11.2. The van der Waals surface area contributed by atoms with Gasteiger partial charge in [-0.2, -0.15) is 0 Å². The Balaban J connectivity index is 2.18. The van der Waals surface area contributed by atoms with Crippen molar-refractivity contribution in [1.82, 2.24) is 14.8 Å². The first-order valence-electron chi connectivity index (χ1n) is 6.35. The van der Waals surface area contributed by atoms with Crippen molar-refractivity contribution in [3.63, 3.8) is 0 Å². The molecule has 1 aromatic heterocycles. The minimum atomic E-state index is -0.148.